The zero-order valence-corrected chi connectivity index (χ0v) is 12.5. The number of nitrogens with zero attached hydrogens (tertiary/aromatic N) is 3. The van der Waals surface area contributed by atoms with Crippen molar-refractivity contribution in [3.05, 3.63) is 17.5 Å². The van der Waals surface area contributed by atoms with Crippen molar-refractivity contribution in [2.45, 2.75) is 45.1 Å². The fourth-order valence-electron chi connectivity index (χ4n) is 2.30. The Hall–Kier alpha value is -0.870. The van der Waals surface area contributed by atoms with E-state index in [4.69, 9.17) is 16.3 Å². The van der Waals surface area contributed by atoms with Crippen LogP contribution in [-0.2, 0) is 10.6 Å². The Bertz CT molecular complexity index is 414. The van der Waals surface area contributed by atoms with Crippen LogP contribution in [0.15, 0.2) is 6.20 Å². The Kier molecular flexibility index (Phi) is 5.40. The number of aromatic nitrogens is 2. The fraction of sp³-hybridized carbons (Fsp3) is 0.714. The summed E-state index contributed by atoms with van der Waals surface area (Å²) in [4.78, 5) is 11.2. The summed E-state index contributed by atoms with van der Waals surface area (Å²) in [5, 5.41) is 0. The zero-order valence-electron chi connectivity index (χ0n) is 11.7. The molecule has 0 aliphatic carbocycles. The molecule has 19 heavy (non-hydrogen) atoms. The lowest BCUT2D eigenvalue weighted by Gasteiger charge is -2.32. The van der Waals surface area contributed by atoms with Gasteiger partial charge in [-0.05, 0) is 26.2 Å². The molecule has 4 nitrogen and oxygen atoms in total. The van der Waals surface area contributed by atoms with Gasteiger partial charge >= 0.3 is 0 Å². The first-order chi connectivity index (χ1) is 9.24. The van der Waals surface area contributed by atoms with Gasteiger partial charge in [0.25, 0.3) is 0 Å². The van der Waals surface area contributed by atoms with Crippen molar-refractivity contribution < 1.29 is 4.74 Å². The van der Waals surface area contributed by atoms with Gasteiger partial charge < -0.3 is 9.64 Å². The predicted octanol–water partition coefficient (Wildman–Crippen LogP) is 2.92. The monoisotopic (exact) mass is 283 g/mol. The molecule has 106 valence electrons. The summed E-state index contributed by atoms with van der Waals surface area (Å²) in [7, 11) is 0. The molecule has 0 radical (unpaired) electrons. The molecule has 1 aliphatic heterocycles. The van der Waals surface area contributed by atoms with E-state index in [0.29, 0.717) is 12.0 Å². The number of rotatable bonds is 5. The van der Waals surface area contributed by atoms with E-state index in [1.54, 1.807) is 0 Å². The summed E-state index contributed by atoms with van der Waals surface area (Å²) < 4.78 is 5.84. The van der Waals surface area contributed by atoms with Crippen LogP contribution in [0.5, 0.6) is 0 Å². The van der Waals surface area contributed by atoms with Gasteiger partial charge in [-0.3, -0.25) is 0 Å². The number of hydrogen-bond donors (Lipinski definition) is 0. The minimum Gasteiger partial charge on any atom is -0.376 e. The Morgan fingerprint density at radius 1 is 1.53 bits per heavy atom. The van der Waals surface area contributed by atoms with Gasteiger partial charge in [0.1, 0.15) is 0 Å². The summed E-state index contributed by atoms with van der Waals surface area (Å²) in [5.41, 5.74) is 1.97. The first kappa shape index (κ1) is 14.5. The molecule has 0 aromatic carbocycles. The number of aryl methyl sites for hydroxylation is 1. The molecule has 0 bridgehead atoms. The van der Waals surface area contributed by atoms with Gasteiger partial charge in [-0.15, -0.1) is 11.6 Å². The Balaban J connectivity index is 2.02. The van der Waals surface area contributed by atoms with Crippen molar-refractivity contribution >= 4 is 17.5 Å². The van der Waals surface area contributed by atoms with Gasteiger partial charge in [-0.1, -0.05) is 6.92 Å². The molecule has 0 amide bonds. The predicted molar refractivity (Wildman–Crippen MR) is 77.8 cm³/mol. The first-order valence-electron chi connectivity index (χ1n) is 6.99. The average Bonchev–Trinajstić information content (AvgIpc) is 2.45. The lowest BCUT2D eigenvalue weighted by Crippen LogP contribution is -2.40. The maximum absolute atomic E-state index is 5.84. The molecule has 1 aliphatic rings. The quantitative estimate of drug-likeness (QED) is 0.779. The summed E-state index contributed by atoms with van der Waals surface area (Å²) in [6, 6.07) is 0. The number of halogens is 1. The van der Waals surface area contributed by atoms with Gasteiger partial charge in [0.15, 0.2) is 0 Å². The third-order valence-electron chi connectivity index (χ3n) is 3.43. The molecule has 1 aromatic rings. The SMILES string of the molecule is CCCOC1CCCN(c2ncc(CCl)c(C)n2)C1. The first-order valence-corrected chi connectivity index (χ1v) is 7.53. The van der Waals surface area contributed by atoms with E-state index < -0.39 is 0 Å². The molecule has 0 spiro atoms. The van der Waals surface area contributed by atoms with E-state index in [1.807, 2.05) is 13.1 Å². The molecule has 2 rings (SSSR count). The number of piperidine rings is 1. The minimum atomic E-state index is 0.310. The average molecular weight is 284 g/mol. The third-order valence-corrected chi connectivity index (χ3v) is 3.72. The molecule has 0 N–H and O–H groups in total. The highest BCUT2D eigenvalue weighted by Crippen LogP contribution is 2.19. The van der Waals surface area contributed by atoms with Crippen molar-refractivity contribution in [1.29, 1.82) is 0 Å². The molecular weight excluding hydrogens is 262 g/mol. The molecular formula is C14H22ClN3O. The van der Waals surface area contributed by atoms with Gasteiger partial charge in [-0.25, -0.2) is 9.97 Å². The second-order valence-corrected chi connectivity index (χ2v) is 5.26. The van der Waals surface area contributed by atoms with Crippen LogP contribution in [0.2, 0.25) is 0 Å². The van der Waals surface area contributed by atoms with Crippen LogP contribution in [0.1, 0.15) is 37.4 Å². The summed E-state index contributed by atoms with van der Waals surface area (Å²) in [5.74, 6) is 1.27. The minimum absolute atomic E-state index is 0.310. The van der Waals surface area contributed by atoms with E-state index >= 15 is 0 Å². The molecule has 1 fully saturated rings. The highest BCUT2D eigenvalue weighted by atomic mass is 35.5. The maximum atomic E-state index is 5.84. The van der Waals surface area contributed by atoms with Crippen molar-refractivity contribution in [2.24, 2.45) is 0 Å². The Labute approximate surface area is 120 Å². The molecule has 1 aromatic heterocycles. The van der Waals surface area contributed by atoms with Crippen molar-refractivity contribution in [3.8, 4) is 0 Å². The van der Waals surface area contributed by atoms with Crippen molar-refractivity contribution in [2.75, 3.05) is 24.6 Å². The van der Waals surface area contributed by atoms with Crippen LogP contribution in [0.3, 0.4) is 0 Å². The van der Waals surface area contributed by atoms with E-state index in [1.165, 1.54) is 0 Å². The van der Waals surface area contributed by atoms with Gasteiger partial charge in [0, 0.05) is 37.2 Å². The molecule has 0 saturated carbocycles. The molecule has 2 heterocycles. The molecule has 1 unspecified atom stereocenters. The lowest BCUT2D eigenvalue weighted by atomic mass is 10.1. The van der Waals surface area contributed by atoms with Crippen LogP contribution in [0.4, 0.5) is 5.95 Å². The second kappa shape index (κ2) is 7.06. The van der Waals surface area contributed by atoms with Gasteiger partial charge in [0.05, 0.1) is 12.0 Å². The van der Waals surface area contributed by atoms with E-state index in [2.05, 4.69) is 21.8 Å². The normalized spacial score (nSPS) is 19.7. The Morgan fingerprint density at radius 2 is 2.37 bits per heavy atom. The molecule has 5 heteroatoms. The smallest absolute Gasteiger partial charge is 0.225 e. The number of ether oxygens (including phenoxy) is 1. The third kappa shape index (κ3) is 3.80. The summed E-state index contributed by atoms with van der Waals surface area (Å²) >= 11 is 5.84. The van der Waals surface area contributed by atoms with Crippen molar-refractivity contribution in [1.82, 2.24) is 9.97 Å². The molecule has 1 saturated heterocycles. The van der Waals surface area contributed by atoms with Crippen LogP contribution < -0.4 is 4.90 Å². The summed E-state index contributed by atoms with van der Waals surface area (Å²) in [6.07, 6.45) is 5.48. The van der Waals surface area contributed by atoms with Crippen molar-refractivity contribution in [3.63, 3.8) is 0 Å². The van der Waals surface area contributed by atoms with Crippen LogP contribution >= 0.6 is 11.6 Å². The van der Waals surface area contributed by atoms with E-state index in [-0.39, 0.29) is 0 Å². The largest absolute Gasteiger partial charge is 0.376 e. The van der Waals surface area contributed by atoms with Crippen LogP contribution in [0, 0.1) is 6.92 Å². The van der Waals surface area contributed by atoms with E-state index in [0.717, 1.165) is 56.2 Å². The fourth-order valence-corrected chi connectivity index (χ4v) is 2.57. The number of anilines is 1. The second-order valence-electron chi connectivity index (χ2n) is 5.00. The number of hydrogen-bond acceptors (Lipinski definition) is 4. The van der Waals surface area contributed by atoms with Gasteiger partial charge in [-0.2, -0.15) is 0 Å². The highest BCUT2D eigenvalue weighted by Gasteiger charge is 2.22. The topological polar surface area (TPSA) is 38.2 Å². The van der Waals surface area contributed by atoms with Gasteiger partial charge in [0.2, 0.25) is 5.95 Å². The Morgan fingerprint density at radius 3 is 3.05 bits per heavy atom. The molecule has 1 atom stereocenters. The lowest BCUT2D eigenvalue weighted by molar-refractivity contribution is 0.0437. The number of alkyl halides is 1. The van der Waals surface area contributed by atoms with Crippen LogP contribution in [0.25, 0.3) is 0 Å². The maximum Gasteiger partial charge on any atom is 0.225 e. The highest BCUT2D eigenvalue weighted by molar-refractivity contribution is 6.17. The van der Waals surface area contributed by atoms with E-state index in [9.17, 15) is 0 Å². The standard InChI is InChI=1S/C14H22ClN3O/c1-3-7-19-13-5-4-6-18(10-13)14-16-9-12(8-15)11(2)17-14/h9,13H,3-8,10H2,1-2H3. The van der Waals surface area contributed by atoms with Crippen LogP contribution in [-0.4, -0.2) is 35.8 Å². The zero-order chi connectivity index (χ0) is 13.7. The summed E-state index contributed by atoms with van der Waals surface area (Å²) in [6.45, 7) is 6.85.